The molecular weight excluding hydrogens is 198 g/mol. The molecule has 0 aromatic carbocycles. The molecule has 0 amide bonds. The lowest BCUT2D eigenvalue weighted by atomic mass is 10.1. The third-order valence-corrected chi connectivity index (χ3v) is 2.64. The fourth-order valence-corrected chi connectivity index (χ4v) is 1.61. The third-order valence-electron chi connectivity index (χ3n) is 2.64. The highest BCUT2D eigenvalue weighted by Crippen LogP contribution is 2.03. The maximum absolute atomic E-state index is 5.40. The van der Waals surface area contributed by atoms with Gasteiger partial charge >= 0.3 is 0 Å². The molecule has 0 aliphatic heterocycles. The maximum Gasteiger partial charge on any atom is 0.00767 e. The van der Waals surface area contributed by atoms with Gasteiger partial charge in [0.2, 0.25) is 0 Å². The SMILES string of the molecule is [CH2]CCCCCCCNCCNCCCN. The van der Waals surface area contributed by atoms with Crippen LogP contribution in [0.3, 0.4) is 0 Å². The predicted octanol–water partition coefficient (Wildman–Crippen LogP) is 1.69. The van der Waals surface area contributed by atoms with Crippen LogP contribution in [0, 0.1) is 6.92 Å². The smallest absolute Gasteiger partial charge is 0.00767 e. The van der Waals surface area contributed by atoms with E-state index in [0.29, 0.717) is 0 Å². The maximum atomic E-state index is 5.40. The Hall–Kier alpha value is -0.120. The van der Waals surface area contributed by atoms with E-state index in [1.807, 2.05) is 0 Å². The van der Waals surface area contributed by atoms with E-state index in [2.05, 4.69) is 17.6 Å². The summed E-state index contributed by atoms with van der Waals surface area (Å²) in [5.41, 5.74) is 5.40. The van der Waals surface area contributed by atoms with E-state index in [-0.39, 0.29) is 0 Å². The summed E-state index contributed by atoms with van der Waals surface area (Å²) in [5, 5.41) is 6.80. The summed E-state index contributed by atoms with van der Waals surface area (Å²) in [4.78, 5) is 0. The molecule has 3 nitrogen and oxygen atoms in total. The van der Waals surface area contributed by atoms with Crippen LogP contribution in [-0.4, -0.2) is 32.7 Å². The van der Waals surface area contributed by atoms with E-state index < -0.39 is 0 Å². The van der Waals surface area contributed by atoms with Gasteiger partial charge < -0.3 is 16.4 Å². The van der Waals surface area contributed by atoms with Crippen molar-refractivity contribution in [2.45, 2.75) is 44.9 Å². The van der Waals surface area contributed by atoms with E-state index in [9.17, 15) is 0 Å². The van der Waals surface area contributed by atoms with Gasteiger partial charge in [0.15, 0.2) is 0 Å². The molecule has 97 valence electrons. The minimum Gasteiger partial charge on any atom is -0.330 e. The molecule has 0 heterocycles. The summed E-state index contributed by atoms with van der Waals surface area (Å²) >= 11 is 0. The van der Waals surface area contributed by atoms with Crippen molar-refractivity contribution in [3.8, 4) is 0 Å². The lowest BCUT2D eigenvalue weighted by molar-refractivity contribution is 0.557. The molecule has 16 heavy (non-hydrogen) atoms. The fraction of sp³-hybridized carbons (Fsp3) is 0.923. The molecule has 0 rings (SSSR count). The summed E-state index contributed by atoms with van der Waals surface area (Å²) in [6.45, 7) is 8.96. The van der Waals surface area contributed by atoms with E-state index in [4.69, 9.17) is 5.73 Å². The Morgan fingerprint density at radius 3 is 1.88 bits per heavy atom. The Morgan fingerprint density at radius 1 is 0.688 bits per heavy atom. The minimum absolute atomic E-state index is 0.785. The molecule has 0 saturated carbocycles. The molecule has 1 radical (unpaired) electrons. The molecule has 0 aromatic rings. The van der Waals surface area contributed by atoms with Crippen molar-refractivity contribution in [2.24, 2.45) is 5.73 Å². The van der Waals surface area contributed by atoms with Crippen LogP contribution in [0.15, 0.2) is 0 Å². The molecule has 0 fully saturated rings. The molecule has 0 spiro atoms. The Bertz CT molecular complexity index is 104. The van der Waals surface area contributed by atoms with Crippen molar-refractivity contribution in [3.63, 3.8) is 0 Å². The Labute approximate surface area is 102 Å². The van der Waals surface area contributed by atoms with Gasteiger partial charge in [-0.25, -0.2) is 0 Å². The summed E-state index contributed by atoms with van der Waals surface area (Å²) < 4.78 is 0. The fourth-order valence-electron chi connectivity index (χ4n) is 1.61. The van der Waals surface area contributed by atoms with Gasteiger partial charge in [-0.2, -0.15) is 0 Å². The van der Waals surface area contributed by atoms with Gasteiger partial charge in [-0.15, -0.1) is 0 Å². The average Bonchev–Trinajstić information content (AvgIpc) is 2.31. The van der Waals surface area contributed by atoms with Crippen molar-refractivity contribution in [1.29, 1.82) is 0 Å². The van der Waals surface area contributed by atoms with Crippen LogP contribution in [0.2, 0.25) is 0 Å². The lowest BCUT2D eigenvalue weighted by Crippen LogP contribution is -2.29. The molecule has 0 atom stereocenters. The summed E-state index contributed by atoms with van der Waals surface area (Å²) in [6.07, 6.45) is 8.83. The second-order valence-electron chi connectivity index (χ2n) is 4.26. The average molecular weight is 228 g/mol. The molecule has 0 saturated heterocycles. The second-order valence-corrected chi connectivity index (χ2v) is 4.26. The van der Waals surface area contributed by atoms with Crippen molar-refractivity contribution < 1.29 is 0 Å². The Balaban J connectivity index is 2.83. The molecule has 3 heteroatoms. The van der Waals surface area contributed by atoms with Gasteiger partial charge in [0, 0.05) is 13.1 Å². The van der Waals surface area contributed by atoms with Crippen LogP contribution in [0.25, 0.3) is 0 Å². The normalized spacial score (nSPS) is 10.9. The van der Waals surface area contributed by atoms with Crippen LogP contribution in [0.5, 0.6) is 0 Å². The van der Waals surface area contributed by atoms with Crippen molar-refractivity contribution >= 4 is 0 Å². The predicted molar refractivity (Wildman–Crippen MR) is 72.5 cm³/mol. The highest BCUT2D eigenvalue weighted by molar-refractivity contribution is 4.54. The molecule has 4 N–H and O–H groups in total. The first-order valence-corrected chi connectivity index (χ1v) is 6.82. The van der Waals surface area contributed by atoms with Gasteiger partial charge in [-0.1, -0.05) is 39.0 Å². The van der Waals surface area contributed by atoms with Gasteiger partial charge in [0.1, 0.15) is 0 Å². The first-order chi connectivity index (χ1) is 7.91. The zero-order valence-corrected chi connectivity index (χ0v) is 10.8. The summed E-state index contributed by atoms with van der Waals surface area (Å²) in [6, 6.07) is 0. The largest absolute Gasteiger partial charge is 0.330 e. The highest BCUT2D eigenvalue weighted by Gasteiger charge is 1.90. The van der Waals surface area contributed by atoms with Gasteiger partial charge in [0.25, 0.3) is 0 Å². The number of hydrogen-bond acceptors (Lipinski definition) is 3. The number of rotatable bonds is 13. The van der Waals surface area contributed by atoms with Gasteiger partial charge in [-0.05, 0) is 32.5 Å². The van der Waals surface area contributed by atoms with Crippen molar-refractivity contribution in [2.75, 3.05) is 32.7 Å². The van der Waals surface area contributed by atoms with Crippen LogP contribution in [0.1, 0.15) is 44.9 Å². The number of nitrogens with two attached hydrogens (primary N) is 1. The van der Waals surface area contributed by atoms with Gasteiger partial charge in [-0.3, -0.25) is 0 Å². The summed E-state index contributed by atoms with van der Waals surface area (Å²) in [7, 11) is 0. The van der Waals surface area contributed by atoms with E-state index >= 15 is 0 Å². The zero-order chi connectivity index (χ0) is 11.9. The first kappa shape index (κ1) is 15.9. The standard InChI is InChI=1S/C13H30N3/c1-2-3-4-5-6-7-10-15-12-13-16-11-8-9-14/h15-16H,1-14H2. The second kappa shape index (κ2) is 14.9. The van der Waals surface area contributed by atoms with Crippen molar-refractivity contribution in [3.05, 3.63) is 6.92 Å². The van der Waals surface area contributed by atoms with E-state index in [1.165, 1.54) is 32.1 Å². The molecule has 0 aliphatic rings. The van der Waals surface area contributed by atoms with Crippen LogP contribution in [0.4, 0.5) is 0 Å². The van der Waals surface area contributed by atoms with Crippen molar-refractivity contribution in [1.82, 2.24) is 10.6 Å². The van der Waals surface area contributed by atoms with E-state index in [1.54, 1.807) is 0 Å². The molecular formula is C13H30N3. The Morgan fingerprint density at radius 2 is 1.25 bits per heavy atom. The monoisotopic (exact) mass is 228 g/mol. The third kappa shape index (κ3) is 13.9. The van der Waals surface area contributed by atoms with Gasteiger partial charge in [0.05, 0.1) is 0 Å². The number of hydrogen-bond donors (Lipinski definition) is 3. The topological polar surface area (TPSA) is 50.1 Å². The van der Waals surface area contributed by atoms with Crippen LogP contribution < -0.4 is 16.4 Å². The molecule has 0 unspecified atom stereocenters. The number of unbranched alkanes of at least 4 members (excludes halogenated alkanes) is 5. The van der Waals surface area contributed by atoms with E-state index in [0.717, 1.165) is 45.6 Å². The first-order valence-electron chi connectivity index (χ1n) is 6.82. The Kier molecular flexibility index (Phi) is 14.8. The molecule has 0 bridgehead atoms. The molecule has 0 aromatic heterocycles. The highest BCUT2D eigenvalue weighted by atomic mass is 14.9. The lowest BCUT2D eigenvalue weighted by Gasteiger charge is -2.06. The minimum atomic E-state index is 0.785. The molecule has 0 aliphatic carbocycles. The quantitative estimate of drug-likeness (QED) is 0.420. The van der Waals surface area contributed by atoms with Crippen LogP contribution in [-0.2, 0) is 0 Å². The summed E-state index contributed by atoms with van der Waals surface area (Å²) in [5.74, 6) is 0. The zero-order valence-electron chi connectivity index (χ0n) is 10.8. The number of nitrogens with one attached hydrogen (secondary N) is 2. The van der Waals surface area contributed by atoms with Crippen LogP contribution >= 0.6 is 0 Å².